The summed E-state index contributed by atoms with van der Waals surface area (Å²) in [4.78, 5) is 2.63. The molecule has 0 saturated heterocycles. The van der Waals surface area contributed by atoms with Gasteiger partial charge in [-0.3, -0.25) is 0 Å². The lowest BCUT2D eigenvalue weighted by atomic mass is 10.2. The van der Waals surface area contributed by atoms with Gasteiger partial charge in [-0.25, -0.2) is 0 Å². The van der Waals surface area contributed by atoms with E-state index in [4.69, 9.17) is 10.6 Å². The summed E-state index contributed by atoms with van der Waals surface area (Å²) in [6.07, 6.45) is 3.49. The fourth-order valence-electron chi connectivity index (χ4n) is 0.989. The maximum atomic E-state index is 8.82. The number of aliphatic hydroxyl groups excluding tert-OH is 1. The highest BCUT2D eigenvalue weighted by atomic mass is 16.3. The van der Waals surface area contributed by atoms with Crippen LogP contribution in [0.3, 0.4) is 0 Å². The summed E-state index contributed by atoms with van der Waals surface area (Å²) in [6, 6.07) is 9.14. The van der Waals surface area contributed by atoms with E-state index in [0.29, 0.717) is 0 Å². The van der Waals surface area contributed by atoms with E-state index in [1.54, 1.807) is 6.08 Å². The molecule has 0 heterocycles. The highest BCUT2D eigenvalue weighted by Crippen LogP contribution is 2.03. The monoisotopic (exact) mass is 189 g/mol. The molecule has 0 bridgehead atoms. The molecule has 0 radical (unpaired) electrons. The zero-order chi connectivity index (χ0) is 10.2. The molecule has 0 spiro atoms. The fourth-order valence-corrected chi connectivity index (χ4v) is 0.989. The fraction of sp³-hybridized carbons (Fsp3) is 0.200. The molecule has 0 aliphatic carbocycles. The minimum atomic E-state index is -0.486. The van der Waals surface area contributed by atoms with Crippen molar-refractivity contribution in [2.24, 2.45) is 5.11 Å². The van der Waals surface area contributed by atoms with Gasteiger partial charge >= 0.3 is 0 Å². The summed E-state index contributed by atoms with van der Waals surface area (Å²) in [5, 5.41) is 12.2. The predicted molar refractivity (Wildman–Crippen MR) is 55.5 cm³/mol. The Bertz CT molecular complexity index is 342. The van der Waals surface area contributed by atoms with Gasteiger partial charge in [-0.15, -0.1) is 0 Å². The molecular formula is C10H11N3O. The maximum absolute atomic E-state index is 8.82. The quantitative estimate of drug-likeness (QED) is 0.441. The summed E-state index contributed by atoms with van der Waals surface area (Å²) in [7, 11) is 0. The Kier molecular flexibility index (Phi) is 4.27. The predicted octanol–water partition coefficient (Wildman–Crippen LogP) is 2.37. The van der Waals surface area contributed by atoms with Crippen LogP contribution in [0.5, 0.6) is 0 Å². The first-order valence-corrected chi connectivity index (χ1v) is 4.25. The molecule has 0 aliphatic heterocycles. The van der Waals surface area contributed by atoms with E-state index in [1.165, 1.54) is 0 Å². The molecule has 1 aromatic carbocycles. The van der Waals surface area contributed by atoms with Gasteiger partial charge in [0.1, 0.15) is 0 Å². The first-order chi connectivity index (χ1) is 6.86. The molecule has 1 N–H and O–H groups in total. The van der Waals surface area contributed by atoms with Gasteiger partial charge < -0.3 is 5.11 Å². The lowest BCUT2D eigenvalue weighted by Crippen LogP contribution is -2.03. The number of aliphatic hydroxyl groups is 1. The number of nitrogens with zero attached hydrogens (tertiary/aromatic N) is 3. The number of rotatable bonds is 4. The van der Waals surface area contributed by atoms with Crippen LogP contribution >= 0.6 is 0 Å². The number of hydrogen-bond acceptors (Lipinski definition) is 2. The van der Waals surface area contributed by atoms with Gasteiger partial charge in [0, 0.05) is 4.91 Å². The maximum Gasteiger partial charge on any atom is 0.0789 e. The van der Waals surface area contributed by atoms with Crippen LogP contribution in [0.4, 0.5) is 0 Å². The van der Waals surface area contributed by atoms with Crippen molar-refractivity contribution in [1.82, 2.24) is 0 Å². The molecule has 14 heavy (non-hydrogen) atoms. The molecule has 1 aromatic rings. The summed E-state index contributed by atoms with van der Waals surface area (Å²) in [5.74, 6) is 0. The first kappa shape index (κ1) is 10.3. The van der Waals surface area contributed by atoms with E-state index in [0.717, 1.165) is 5.56 Å². The molecule has 0 aromatic heterocycles. The number of azide groups is 1. The van der Waals surface area contributed by atoms with Crippen LogP contribution in [0.15, 0.2) is 41.5 Å². The second kappa shape index (κ2) is 5.80. The molecule has 4 heteroatoms. The Morgan fingerprint density at radius 3 is 2.71 bits per heavy atom. The first-order valence-electron chi connectivity index (χ1n) is 4.25. The average molecular weight is 189 g/mol. The summed E-state index contributed by atoms with van der Waals surface area (Å²) < 4.78 is 0. The van der Waals surface area contributed by atoms with Crippen LogP contribution in [0.25, 0.3) is 16.5 Å². The highest BCUT2D eigenvalue weighted by molar-refractivity contribution is 5.49. The molecule has 0 amide bonds. The van der Waals surface area contributed by atoms with E-state index in [2.05, 4.69) is 10.0 Å². The van der Waals surface area contributed by atoms with Crippen molar-refractivity contribution in [2.75, 3.05) is 6.61 Å². The highest BCUT2D eigenvalue weighted by Gasteiger charge is 1.96. The van der Waals surface area contributed by atoms with E-state index >= 15 is 0 Å². The van der Waals surface area contributed by atoms with Crippen LogP contribution < -0.4 is 0 Å². The zero-order valence-electron chi connectivity index (χ0n) is 7.61. The van der Waals surface area contributed by atoms with Crippen LogP contribution in [0.2, 0.25) is 0 Å². The van der Waals surface area contributed by atoms with Gasteiger partial charge in [0.25, 0.3) is 0 Å². The summed E-state index contributed by atoms with van der Waals surface area (Å²) in [5.41, 5.74) is 9.19. The van der Waals surface area contributed by atoms with E-state index in [9.17, 15) is 0 Å². The second-order valence-corrected chi connectivity index (χ2v) is 2.72. The lowest BCUT2D eigenvalue weighted by Gasteiger charge is -1.98. The Balaban J connectivity index is 2.67. The van der Waals surface area contributed by atoms with Crippen LogP contribution in [0.1, 0.15) is 5.56 Å². The molecule has 72 valence electrons. The topological polar surface area (TPSA) is 69.0 Å². The largest absolute Gasteiger partial charge is 0.396 e. The third-order valence-electron chi connectivity index (χ3n) is 1.70. The molecule has 0 aliphatic rings. The Hall–Kier alpha value is -1.77. The van der Waals surface area contributed by atoms with Crippen LogP contribution in [0, 0.1) is 0 Å². The molecule has 0 saturated carbocycles. The van der Waals surface area contributed by atoms with Crippen molar-refractivity contribution in [3.05, 3.63) is 52.4 Å². The SMILES string of the molecule is [N-]=[N+]=N[C@H](/C=C/c1ccccc1)CO. The van der Waals surface area contributed by atoms with Gasteiger partial charge in [-0.2, -0.15) is 0 Å². The average Bonchev–Trinajstić information content (AvgIpc) is 2.25. The third-order valence-corrected chi connectivity index (χ3v) is 1.70. The number of benzene rings is 1. The van der Waals surface area contributed by atoms with Crippen molar-refractivity contribution < 1.29 is 5.11 Å². The van der Waals surface area contributed by atoms with Gasteiger partial charge in [0.15, 0.2) is 0 Å². The van der Waals surface area contributed by atoms with E-state index in [1.807, 2.05) is 36.4 Å². The standard InChI is InChI=1S/C10H11N3O/c11-13-12-10(8-14)7-6-9-4-2-1-3-5-9/h1-7,10,14H,8H2/b7-6+/t10-/m1/s1. The van der Waals surface area contributed by atoms with Crippen LogP contribution in [-0.2, 0) is 0 Å². The smallest absolute Gasteiger partial charge is 0.0789 e. The summed E-state index contributed by atoms with van der Waals surface area (Å²) >= 11 is 0. The van der Waals surface area contributed by atoms with Crippen molar-refractivity contribution >= 4 is 6.08 Å². The van der Waals surface area contributed by atoms with Crippen LogP contribution in [-0.4, -0.2) is 17.8 Å². The number of hydrogen-bond donors (Lipinski definition) is 1. The van der Waals surface area contributed by atoms with Gasteiger partial charge in [-0.1, -0.05) is 47.6 Å². The van der Waals surface area contributed by atoms with Crippen molar-refractivity contribution in [3.63, 3.8) is 0 Å². The lowest BCUT2D eigenvalue weighted by molar-refractivity contribution is 0.284. The Morgan fingerprint density at radius 1 is 1.43 bits per heavy atom. The normalized spacial score (nSPS) is 12.4. The second-order valence-electron chi connectivity index (χ2n) is 2.72. The van der Waals surface area contributed by atoms with E-state index in [-0.39, 0.29) is 6.61 Å². The molecular weight excluding hydrogens is 178 g/mol. The van der Waals surface area contributed by atoms with E-state index < -0.39 is 6.04 Å². The summed E-state index contributed by atoms with van der Waals surface area (Å²) in [6.45, 7) is -0.173. The third kappa shape index (κ3) is 3.31. The Morgan fingerprint density at radius 2 is 2.14 bits per heavy atom. The van der Waals surface area contributed by atoms with Gasteiger partial charge in [-0.05, 0) is 11.1 Å². The Labute approximate surface area is 82.1 Å². The minimum absolute atomic E-state index is 0.173. The van der Waals surface area contributed by atoms with Crippen molar-refractivity contribution in [1.29, 1.82) is 0 Å². The minimum Gasteiger partial charge on any atom is -0.396 e. The van der Waals surface area contributed by atoms with Crippen molar-refractivity contribution in [2.45, 2.75) is 6.04 Å². The molecule has 1 rings (SSSR count). The molecule has 0 unspecified atom stereocenters. The van der Waals surface area contributed by atoms with Gasteiger partial charge in [0.05, 0.1) is 12.6 Å². The molecule has 4 nitrogen and oxygen atoms in total. The van der Waals surface area contributed by atoms with Crippen molar-refractivity contribution in [3.8, 4) is 0 Å². The zero-order valence-corrected chi connectivity index (χ0v) is 7.61. The molecule has 0 fully saturated rings. The van der Waals surface area contributed by atoms with Gasteiger partial charge in [0.2, 0.25) is 0 Å². The molecule has 1 atom stereocenters.